The summed E-state index contributed by atoms with van der Waals surface area (Å²) in [6.07, 6.45) is 2.38. The number of hydrogen-bond acceptors (Lipinski definition) is 4. The van der Waals surface area contributed by atoms with E-state index in [-0.39, 0.29) is 5.54 Å². The molecule has 0 saturated carbocycles. The molecule has 1 spiro atoms. The summed E-state index contributed by atoms with van der Waals surface area (Å²) < 4.78 is 0. The van der Waals surface area contributed by atoms with E-state index in [1.54, 1.807) is 0 Å². The van der Waals surface area contributed by atoms with Crippen LogP contribution in [0.3, 0.4) is 0 Å². The quantitative estimate of drug-likeness (QED) is 0.788. The Hall–Kier alpha value is -0.770. The van der Waals surface area contributed by atoms with Crippen molar-refractivity contribution in [2.75, 3.05) is 19.6 Å². The minimum absolute atomic E-state index is 0.212. The third-order valence-corrected chi connectivity index (χ3v) is 4.27. The lowest BCUT2D eigenvalue weighted by Gasteiger charge is -2.47. The van der Waals surface area contributed by atoms with Crippen LogP contribution in [0.2, 0.25) is 0 Å². The van der Waals surface area contributed by atoms with Crippen molar-refractivity contribution in [1.82, 2.24) is 9.80 Å². The predicted octanol–water partition coefficient (Wildman–Crippen LogP) is 1.27. The lowest BCUT2D eigenvalue weighted by Crippen LogP contribution is -2.59. The number of nitrogens with zero attached hydrogens (tertiary/aromatic N) is 3. The summed E-state index contributed by atoms with van der Waals surface area (Å²) in [5, 5.41) is 0. The van der Waals surface area contributed by atoms with Crippen LogP contribution >= 0.6 is 0 Å². The molecule has 2 aliphatic rings. The molecule has 98 valence electrons. The zero-order valence-electron chi connectivity index (χ0n) is 11.6. The topological polar surface area (TPSA) is 44.9 Å². The Morgan fingerprint density at radius 1 is 1.12 bits per heavy atom. The molecule has 2 rings (SSSR count). The average molecular weight is 238 g/mol. The van der Waals surface area contributed by atoms with E-state index >= 15 is 0 Å². The first kappa shape index (κ1) is 12.7. The van der Waals surface area contributed by atoms with Crippen LogP contribution in [0.15, 0.2) is 4.99 Å². The van der Waals surface area contributed by atoms with Crippen LogP contribution in [0.1, 0.15) is 40.5 Å². The second kappa shape index (κ2) is 4.48. The summed E-state index contributed by atoms with van der Waals surface area (Å²) in [7, 11) is 0. The molecular weight excluding hydrogens is 212 g/mol. The van der Waals surface area contributed by atoms with Gasteiger partial charge in [0, 0.05) is 25.2 Å². The van der Waals surface area contributed by atoms with E-state index in [1.165, 1.54) is 25.9 Å². The van der Waals surface area contributed by atoms with E-state index in [0.29, 0.717) is 12.1 Å². The van der Waals surface area contributed by atoms with Gasteiger partial charge in [0.05, 0.1) is 12.1 Å². The zero-order chi connectivity index (χ0) is 12.6. The van der Waals surface area contributed by atoms with Crippen molar-refractivity contribution in [3.05, 3.63) is 0 Å². The summed E-state index contributed by atoms with van der Waals surface area (Å²) in [5.74, 6) is 0.748. The first-order valence-electron chi connectivity index (χ1n) is 6.79. The molecule has 0 aliphatic carbocycles. The Morgan fingerprint density at radius 2 is 1.71 bits per heavy atom. The maximum Gasteiger partial charge on any atom is 0.192 e. The summed E-state index contributed by atoms with van der Waals surface area (Å²) >= 11 is 0. The Bertz CT molecular complexity index is 301. The summed E-state index contributed by atoms with van der Waals surface area (Å²) in [6.45, 7) is 12.2. The molecule has 1 fully saturated rings. The van der Waals surface area contributed by atoms with Crippen LogP contribution in [0.5, 0.6) is 0 Å². The Morgan fingerprint density at radius 3 is 2.18 bits per heavy atom. The molecule has 1 saturated heterocycles. The third kappa shape index (κ3) is 2.15. The zero-order valence-corrected chi connectivity index (χ0v) is 11.6. The number of aliphatic imine (C=N–C) groups is 1. The fourth-order valence-corrected chi connectivity index (χ4v) is 3.29. The number of hydrogen-bond donors (Lipinski definition) is 1. The molecule has 2 N–H and O–H groups in total. The van der Waals surface area contributed by atoms with Gasteiger partial charge in [0.25, 0.3) is 0 Å². The van der Waals surface area contributed by atoms with Crippen molar-refractivity contribution in [2.24, 2.45) is 10.7 Å². The number of likely N-dealkylation sites (tertiary alicyclic amines) is 1. The van der Waals surface area contributed by atoms with Crippen LogP contribution in [-0.4, -0.2) is 53.0 Å². The second-order valence-electron chi connectivity index (χ2n) is 5.99. The smallest absolute Gasteiger partial charge is 0.192 e. The van der Waals surface area contributed by atoms with E-state index in [1.807, 2.05) is 0 Å². The van der Waals surface area contributed by atoms with Crippen LogP contribution in [0.25, 0.3) is 0 Å². The van der Waals surface area contributed by atoms with Crippen LogP contribution in [0.4, 0.5) is 0 Å². The van der Waals surface area contributed by atoms with Crippen LogP contribution in [-0.2, 0) is 0 Å². The highest BCUT2D eigenvalue weighted by atomic mass is 15.4. The first-order chi connectivity index (χ1) is 7.96. The van der Waals surface area contributed by atoms with Gasteiger partial charge in [0.15, 0.2) is 5.96 Å². The van der Waals surface area contributed by atoms with Crippen molar-refractivity contribution >= 4 is 5.96 Å². The lowest BCUT2D eigenvalue weighted by atomic mass is 9.85. The predicted molar refractivity (Wildman–Crippen MR) is 72.1 cm³/mol. The van der Waals surface area contributed by atoms with Gasteiger partial charge in [-0.1, -0.05) is 0 Å². The number of nitrogens with two attached hydrogens (primary N) is 1. The van der Waals surface area contributed by atoms with E-state index in [4.69, 9.17) is 5.73 Å². The highest BCUT2D eigenvalue weighted by Crippen LogP contribution is 2.34. The SMILES string of the molecule is CC(C)N1CCC2(CC1)CN=C(N)N2C(C)C. The summed E-state index contributed by atoms with van der Waals surface area (Å²) in [6, 6.07) is 1.10. The van der Waals surface area contributed by atoms with Gasteiger partial charge in [0.2, 0.25) is 0 Å². The third-order valence-electron chi connectivity index (χ3n) is 4.27. The Kier molecular flexibility index (Phi) is 3.34. The fraction of sp³-hybridized carbons (Fsp3) is 0.923. The molecule has 2 aliphatic heterocycles. The van der Waals surface area contributed by atoms with Crippen molar-refractivity contribution in [3.63, 3.8) is 0 Å². The van der Waals surface area contributed by atoms with Crippen molar-refractivity contribution < 1.29 is 0 Å². The molecule has 17 heavy (non-hydrogen) atoms. The van der Waals surface area contributed by atoms with Gasteiger partial charge in [0.1, 0.15) is 0 Å². The van der Waals surface area contributed by atoms with E-state index in [2.05, 4.69) is 42.5 Å². The molecule has 0 unspecified atom stereocenters. The highest BCUT2D eigenvalue weighted by Gasteiger charge is 2.45. The minimum atomic E-state index is 0.212. The maximum atomic E-state index is 6.04. The Labute approximate surface area is 105 Å². The van der Waals surface area contributed by atoms with Gasteiger partial charge in [-0.3, -0.25) is 4.99 Å². The van der Waals surface area contributed by atoms with Gasteiger partial charge in [-0.15, -0.1) is 0 Å². The molecule has 0 aromatic heterocycles. The summed E-state index contributed by atoms with van der Waals surface area (Å²) in [5.41, 5.74) is 6.25. The lowest BCUT2D eigenvalue weighted by molar-refractivity contribution is 0.0563. The van der Waals surface area contributed by atoms with Gasteiger partial charge >= 0.3 is 0 Å². The van der Waals surface area contributed by atoms with Gasteiger partial charge in [-0.25, -0.2) is 0 Å². The number of guanidine groups is 1. The molecule has 0 bridgehead atoms. The van der Waals surface area contributed by atoms with E-state index < -0.39 is 0 Å². The number of rotatable bonds is 2. The minimum Gasteiger partial charge on any atom is -0.370 e. The second-order valence-corrected chi connectivity index (χ2v) is 5.99. The van der Waals surface area contributed by atoms with Gasteiger partial charge < -0.3 is 15.5 Å². The Balaban J connectivity index is 2.08. The molecule has 4 nitrogen and oxygen atoms in total. The maximum absolute atomic E-state index is 6.04. The van der Waals surface area contributed by atoms with Crippen LogP contribution in [0, 0.1) is 0 Å². The molecule has 0 amide bonds. The average Bonchev–Trinajstić information content (AvgIpc) is 2.56. The molecule has 0 aromatic rings. The molecular formula is C13H26N4. The molecule has 0 aromatic carbocycles. The van der Waals surface area contributed by atoms with E-state index in [0.717, 1.165) is 12.5 Å². The largest absolute Gasteiger partial charge is 0.370 e. The monoisotopic (exact) mass is 238 g/mol. The van der Waals surface area contributed by atoms with Gasteiger partial charge in [-0.05, 0) is 40.5 Å². The highest BCUT2D eigenvalue weighted by molar-refractivity contribution is 5.81. The molecule has 0 atom stereocenters. The van der Waals surface area contributed by atoms with Crippen molar-refractivity contribution in [3.8, 4) is 0 Å². The van der Waals surface area contributed by atoms with Gasteiger partial charge in [-0.2, -0.15) is 0 Å². The molecule has 0 radical (unpaired) electrons. The number of piperidine rings is 1. The fourth-order valence-electron chi connectivity index (χ4n) is 3.29. The van der Waals surface area contributed by atoms with Crippen LogP contribution < -0.4 is 5.73 Å². The first-order valence-corrected chi connectivity index (χ1v) is 6.79. The normalized spacial score (nSPS) is 25.1. The standard InChI is InChI=1S/C13H26N4/c1-10(2)16-7-5-13(6-8-16)9-15-12(14)17(13)11(3)4/h10-11H,5-9H2,1-4H3,(H2,14,15). The van der Waals surface area contributed by atoms with E-state index in [9.17, 15) is 0 Å². The molecule has 2 heterocycles. The molecule has 4 heteroatoms. The van der Waals surface area contributed by atoms with Crippen molar-refractivity contribution in [2.45, 2.75) is 58.2 Å². The van der Waals surface area contributed by atoms with Crippen molar-refractivity contribution in [1.29, 1.82) is 0 Å². The summed E-state index contributed by atoms with van der Waals surface area (Å²) in [4.78, 5) is 9.39.